The van der Waals surface area contributed by atoms with Gasteiger partial charge in [0.25, 0.3) is 11.1 Å². The van der Waals surface area contributed by atoms with Crippen LogP contribution < -0.4 is 10.2 Å². The van der Waals surface area contributed by atoms with Gasteiger partial charge in [-0.2, -0.15) is 0 Å². The predicted molar refractivity (Wildman–Crippen MR) is 152 cm³/mol. The topological polar surface area (TPSA) is 78.4 Å². The van der Waals surface area contributed by atoms with E-state index in [-0.39, 0.29) is 11.1 Å². The SMILES string of the molecule is CCCCCCN1CCN(c2ccc(-c3ncnc4ccc(C=C5SC(=O)NC5=O)cc34)cc2Cl)CC1. The number of unbranched alkanes of at least 4 members (excludes halogenated alkanes) is 3. The standard InChI is InChI=1S/C28H30ClN5O2S/c1-2-3-4-5-10-33-11-13-34(14-12-33)24-9-7-20(17-22(24)29)26-21-15-19(6-8-23(21)30-18-31-26)16-25-27(35)32-28(36)37-25/h6-9,15-18H,2-5,10-14H2,1H3,(H,32,35,36). The van der Waals surface area contributed by atoms with E-state index in [4.69, 9.17) is 11.6 Å². The lowest BCUT2D eigenvalue weighted by Crippen LogP contribution is -2.46. The third kappa shape index (κ3) is 5.98. The molecule has 37 heavy (non-hydrogen) atoms. The van der Waals surface area contributed by atoms with Crippen molar-refractivity contribution in [2.24, 2.45) is 0 Å². The summed E-state index contributed by atoms with van der Waals surface area (Å²) in [5.41, 5.74) is 4.32. The van der Waals surface area contributed by atoms with Crippen molar-refractivity contribution in [1.29, 1.82) is 0 Å². The van der Waals surface area contributed by atoms with Gasteiger partial charge in [-0.15, -0.1) is 0 Å². The molecular formula is C28H30ClN5O2S. The van der Waals surface area contributed by atoms with Crippen molar-refractivity contribution in [3.8, 4) is 11.3 Å². The molecule has 0 aliphatic carbocycles. The van der Waals surface area contributed by atoms with E-state index in [2.05, 4.69) is 44.1 Å². The first-order valence-electron chi connectivity index (χ1n) is 12.8. The molecule has 3 aromatic rings. The quantitative estimate of drug-likeness (QED) is 0.281. The fourth-order valence-electron chi connectivity index (χ4n) is 4.85. The number of nitrogens with zero attached hydrogens (tertiary/aromatic N) is 4. The van der Waals surface area contributed by atoms with Crippen LogP contribution in [-0.2, 0) is 4.79 Å². The number of piperazine rings is 1. The Morgan fingerprint density at radius 3 is 2.59 bits per heavy atom. The molecule has 2 fully saturated rings. The van der Waals surface area contributed by atoms with Gasteiger partial charge in [0.1, 0.15) is 6.33 Å². The van der Waals surface area contributed by atoms with Crippen LogP contribution in [-0.4, -0.2) is 58.7 Å². The van der Waals surface area contributed by atoms with Crippen LogP contribution in [0.15, 0.2) is 47.6 Å². The summed E-state index contributed by atoms with van der Waals surface area (Å²) in [7, 11) is 0. The summed E-state index contributed by atoms with van der Waals surface area (Å²) >= 11 is 7.71. The summed E-state index contributed by atoms with van der Waals surface area (Å²) in [5.74, 6) is -0.376. The van der Waals surface area contributed by atoms with Crippen LogP contribution in [0.25, 0.3) is 28.2 Å². The largest absolute Gasteiger partial charge is 0.368 e. The summed E-state index contributed by atoms with van der Waals surface area (Å²) < 4.78 is 0. The van der Waals surface area contributed by atoms with Crippen molar-refractivity contribution in [3.63, 3.8) is 0 Å². The molecule has 0 bridgehead atoms. The van der Waals surface area contributed by atoms with Gasteiger partial charge in [-0.1, -0.05) is 49.9 Å². The van der Waals surface area contributed by atoms with Gasteiger partial charge in [0.2, 0.25) is 0 Å². The maximum Gasteiger partial charge on any atom is 0.290 e. The molecule has 0 saturated carbocycles. The second-order valence-electron chi connectivity index (χ2n) is 9.41. The number of imide groups is 1. The van der Waals surface area contributed by atoms with Crippen molar-refractivity contribution in [2.45, 2.75) is 32.6 Å². The first kappa shape index (κ1) is 25.7. The zero-order valence-corrected chi connectivity index (χ0v) is 22.4. The molecule has 0 atom stereocenters. The highest BCUT2D eigenvalue weighted by Crippen LogP contribution is 2.34. The van der Waals surface area contributed by atoms with Gasteiger partial charge < -0.3 is 4.90 Å². The predicted octanol–water partition coefficient (Wildman–Crippen LogP) is 5.98. The Bertz CT molecular complexity index is 1350. The number of hydrogen-bond donors (Lipinski definition) is 1. The minimum absolute atomic E-state index is 0.357. The Balaban J connectivity index is 1.34. The number of thioether (sulfide) groups is 1. The van der Waals surface area contributed by atoms with Gasteiger partial charge in [-0.25, -0.2) is 9.97 Å². The maximum absolute atomic E-state index is 12.0. The minimum atomic E-state index is -0.376. The van der Waals surface area contributed by atoms with E-state index < -0.39 is 0 Å². The summed E-state index contributed by atoms with van der Waals surface area (Å²) in [5, 5.41) is 3.49. The number of hydrogen-bond acceptors (Lipinski definition) is 7. The lowest BCUT2D eigenvalue weighted by atomic mass is 10.0. The van der Waals surface area contributed by atoms with E-state index in [9.17, 15) is 9.59 Å². The average molecular weight is 536 g/mol. The number of halogens is 1. The lowest BCUT2D eigenvalue weighted by molar-refractivity contribution is -0.115. The number of fused-ring (bicyclic) bond motifs is 1. The molecule has 7 nitrogen and oxygen atoms in total. The van der Waals surface area contributed by atoms with E-state index in [0.717, 1.165) is 71.4 Å². The highest BCUT2D eigenvalue weighted by molar-refractivity contribution is 8.18. The molecule has 0 unspecified atom stereocenters. The fourth-order valence-corrected chi connectivity index (χ4v) is 5.83. The third-order valence-corrected chi connectivity index (χ3v) is 7.97. The lowest BCUT2D eigenvalue weighted by Gasteiger charge is -2.36. The van der Waals surface area contributed by atoms with Crippen LogP contribution in [0.2, 0.25) is 5.02 Å². The second kappa shape index (κ2) is 11.6. The van der Waals surface area contributed by atoms with Crippen molar-refractivity contribution >= 4 is 57.2 Å². The van der Waals surface area contributed by atoms with E-state index in [1.54, 1.807) is 12.4 Å². The van der Waals surface area contributed by atoms with Gasteiger partial charge in [0, 0.05) is 37.1 Å². The van der Waals surface area contributed by atoms with Crippen molar-refractivity contribution in [2.75, 3.05) is 37.6 Å². The molecule has 3 heterocycles. The van der Waals surface area contributed by atoms with Gasteiger partial charge in [-0.05, 0) is 60.6 Å². The molecule has 2 amide bonds. The summed E-state index contributed by atoms with van der Waals surface area (Å²) in [6, 6.07) is 11.8. The Kier molecular flexibility index (Phi) is 8.08. The van der Waals surface area contributed by atoms with Crippen LogP contribution in [0.1, 0.15) is 38.2 Å². The van der Waals surface area contributed by atoms with Crippen molar-refractivity contribution in [1.82, 2.24) is 20.2 Å². The van der Waals surface area contributed by atoms with Crippen LogP contribution in [0.3, 0.4) is 0 Å². The molecule has 9 heteroatoms. The van der Waals surface area contributed by atoms with Crippen LogP contribution in [0.4, 0.5) is 10.5 Å². The normalized spacial score (nSPS) is 17.7. The van der Waals surface area contributed by atoms with Crippen molar-refractivity contribution in [3.05, 3.63) is 58.2 Å². The molecule has 0 radical (unpaired) electrons. The third-order valence-electron chi connectivity index (χ3n) is 6.86. The zero-order chi connectivity index (χ0) is 25.8. The maximum atomic E-state index is 12.0. The average Bonchev–Trinajstić information content (AvgIpc) is 3.22. The number of anilines is 1. The summed E-state index contributed by atoms with van der Waals surface area (Å²) in [4.78, 5) is 37.7. The molecule has 1 N–H and O–H groups in total. The van der Waals surface area contributed by atoms with Gasteiger partial charge in [-0.3, -0.25) is 19.8 Å². The molecule has 0 spiro atoms. The first-order valence-corrected chi connectivity index (χ1v) is 14.0. The molecule has 2 aliphatic rings. The molecule has 192 valence electrons. The summed E-state index contributed by atoms with van der Waals surface area (Å²) in [6.45, 7) is 7.48. The number of carbonyl (C=O) groups is 2. The zero-order valence-electron chi connectivity index (χ0n) is 20.9. The Morgan fingerprint density at radius 2 is 1.86 bits per heavy atom. The number of nitrogens with one attached hydrogen (secondary N) is 1. The van der Waals surface area contributed by atoms with E-state index in [1.807, 2.05) is 24.3 Å². The number of benzene rings is 2. The van der Waals surface area contributed by atoms with Gasteiger partial charge >= 0.3 is 0 Å². The van der Waals surface area contributed by atoms with Crippen LogP contribution >= 0.6 is 23.4 Å². The van der Waals surface area contributed by atoms with Crippen LogP contribution in [0.5, 0.6) is 0 Å². The Labute approximate surface area is 226 Å². The highest BCUT2D eigenvalue weighted by Gasteiger charge is 2.25. The van der Waals surface area contributed by atoms with E-state index in [1.165, 1.54) is 32.2 Å². The van der Waals surface area contributed by atoms with E-state index >= 15 is 0 Å². The smallest absolute Gasteiger partial charge is 0.290 e. The van der Waals surface area contributed by atoms with Crippen molar-refractivity contribution < 1.29 is 9.59 Å². The Morgan fingerprint density at radius 1 is 1.03 bits per heavy atom. The van der Waals surface area contributed by atoms with Gasteiger partial charge in [0.15, 0.2) is 0 Å². The number of amides is 2. The molecule has 1 aromatic heterocycles. The monoisotopic (exact) mass is 535 g/mol. The number of carbonyl (C=O) groups excluding carboxylic acids is 2. The fraction of sp³-hybridized carbons (Fsp3) is 0.357. The molecule has 5 rings (SSSR count). The molecular weight excluding hydrogens is 506 g/mol. The first-order chi connectivity index (χ1) is 18.0. The Hall–Kier alpha value is -2.94. The molecule has 2 saturated heterocycles. The molecule has 2 aliphatic heterocycles. The van der Waals surface area contributed by atoms with Gasteiger partial charge in [0.05, 0.1) is 26.8 Å². The minimum Gasteiger partial charge on any atom is -0.368 e. The number of aromatic nitrogens is 2. The molecule has 2 aromatic carbocycles. The number of rotatable bonds is 8. The van der Waals surface area contributed by atoms with E-state index in [0.29, 0.717) is 9.93 Å². The van der Waals surface area contributed by atoms with Crippen LogP contribution in [0, 0.1) is 0 Å². The highest BCUT2D eigenvalue weighted by atomic mass is 35.5. The second-order valence-corrected chi connectivity index (χ2v) is 10.8. The summed E-state index contributed by atoms with van der Waals surface area (Å²) in [6.07, 6.45) is 8.44.